The van der Waals surface area contributed by atoms with Crippen molar-refractivity contribution in [1.29, 1.82) is 0 Å². The SMILES string of the molecule is COc1cccc(Nc2ccc(C(=O)NCCN(C)C)nn2)c1. The van der Waals surface area contributed by atoms with Gasteiger partial charge in [-0.25, -0.2) is 0 Å². The minimum Gasteiger partial charge on any atom is -0.497 e. The number of nitrogens with zero attached hydrogens (tertiary/aromatic N) is 3. The molecular weight excluding hydrogens is 294 g/mol. The zero-order valence-electron chi connectivity index (χ0n) is 13.5. The van der Waals surface area contributed by atoms with Crippen molar-refractivity contribution in [1.82, 2.24) is 20.4 Å². The van der Waals surface area contributed by atoms with E-state index in [1.165, 1.54) is 0 Å². The van der Waals surface area contributed by atoms with Gasteiger partial charge in [-0.15, -0.1) is 10.2 Å². The molecule has 0 aliphatic rings. The maximum absolute atomic E-state index is 11.9. The molecule has 1 aromatic heterocycles. The van der Waals surface area contributed by atoms with Crippen LogP contribution in [0.2, 0.25) is 0 Å². The molecule has 0 unspecified atom stereocenters. The van der Waals surface area contributed by atoms with Gasteiger partial charge >= 0.3 is 0 Å². The largest absolute Gasteiger partial charge is 0.497 e. The van der Waals surface area contributed by atoms with Gasteiger partial charge in [-0.1, -0.05) is 6.07 Å². The molecule has 1 aromatic carbocycles. The Kier molecular flexibility index (Phi) is 5.87. The van der Waals surface area contributed by atoms with Crippen molar-refractivity contribution in [2.75, 3.05) is 39.6 Å². The van der Waals surface area contributed by atoms with Crippen LogP contribution in [0, 0.1) is 0 Å². The molecule has 1 heterocycles. The van der Waals surface area contributed by atoms with Crippen LogP contribution in [0.3, 0.4) is 0 Å². The molecule has 23 heavy (non-hydrogen) atoms. The van der Waals surface area contributed by atoms with Crippen LogP contribution >= 0.6 is 0 Å². The molecule has 0 saturated carbocycles. The van der Waals surface area contributed by atoms with Crippen molar-refractivity contribution >= 4 is 17.4 Å². The molecule has 7 heteroatoms. The first-order valence-corrected chi connectivity index (χ1v) is 7.26. The highest BCUT2D eigenvalue weighted by atomic mass is 16.5. The fraction of sp³-hybridized carbons (Fsp3) is 0.312. The lowest BCUT2D eigenvalue weighted by Crippen LogP contribution is -2.31. The number of aromatic nitrogens is 2. The Hall–Kier alpha value is -2.67. The van der Waals surface area contributed by atoms with E-state index in [9.17, 15) is 4.79 Å². The standard InChI is InChI=1S/C16H21N5O2/c1-21(2)10-9-17-16(22)14-7-8-15(20-19-14)18-12-5-4-6-13(11-12)23-3/h4-8,11H,9-10H2,1-3H3,(H,17,22)(H,18,20). The van der Waals surface area contributed by atoms with Gasteiger partial charge in [-0.2, -0.15) is 0 Å². The maximum atomic E-state index is 11.9. The van der Waals surface area contributed by atoms with E-state index in [4.69, 9.17) is 4.74 Å². The van der Waals surface area contributed by atoms with Gasteiger partial charge < -0.3 is 20.3 Å². The molecule has 0 atom stereocenters. The third kappa shape index (κ3) is 5.23. The van der Waals surface area contributed by atoms with Crippen LogP contribution in [0.25, 0.3) is 0 Å². The molecule has 0 aliphatic heterocycles. The van der Waals surface area contributed by atoms with Gasteiger partial charge in [0.15, 0.2) is 11.5 Å². The van der Waals surface area contributed by atoms with Gasteiger partial charge in [-0.05, 0) is 38.4 Å². The van der Waals surface area contributed by atoms with E-state index >= 15 is 0 Å². The average molecular weight is 315 g/mol. The van der Waals surface area contributed by atoms with Gasteiger partial charge in [0.25, 0.3) is 5.91 Å². The summed E-state index contributed by atoms with van der Waals surface area (Å²) in [6.45, 7) is 1.34. The van der Waals surface area contributed by atoms with Crippen molar-refractivity contribution < 1.29 is 9.53 Å². The summed E-state index contributed by atoms with van der Waals surface area (Å²) in [6, 6.07) is 10.8. The Morgan fingerprint density at radius 1 is 1.22 bits per heavy atom. The van der Waals surface area contributed by atoms with Gasteiger partial charge in [0.2, 0.25) is 0 Å². The average Bonchev–Trinajstić information content (AvgIpc) is 2.55. The molecule has 0 radical (unpaired) electrons. The van der Waals surface area contributed by atoms with Crippen molar-refractivity contribution in [3.8, 4) is 5.75 Å². The van der Waals surface area contributed by atoms with Crippen LogP contribution in [0.4, 0.5) is 11.5 Å². The summed E-state index contributed by atoms with van der Waals surface area (Å²) < 4.78 is 5.17. The van der Waals surface area contributed by atoms with Crippen molar-refractivity contribution in [2.24, 2.45) is 0 Å². The number of benzene rings is 1. The van der Waals surface area contributed by atoms with E-state index in [0.29, 0.717) is 18.1 Å². The highest BCUT2D eigenvalue weighted by Crippen LogP contribution is 2.19. The lowest BCUT2D eigenvalue weighted by atomic mass is 10.3. The summed E-state index contributed by atoms with van der Waals surface area (Å²) in [5.41, 5.74) is 1.13. The third-order valence-electron chi connectivity index (χ3n) is 3.08. The Labute approximate surface area is 135 Å². The highest BCUT2D eigenvalue weighted by Gasteiger charge is 2.08. The molecule has 0 bridgehead atoms. The van der Waals surface area contributed by atoms with Crippen LogP contribution in [0.15, 0.2) is 36.4 Å². The quantitative estimate of drug-likeness (QED) is 0.806. The van der Waals surface area contributed by atoms with E-state index in [2.05, 4.69) is 20.8 Å². The molecule has 2 N–H and O–H groups in total. The van der Waals surface area contributed by atoms with E-state index in [0.717, 1.165) is 18.0 Å². The van der Waals surface area contributed by atoms with Gasteiger partial charge in [0, 0.05) is 24.8 Å². The molecule has 2 aromatic rings. The topological polar surface area (TPSA) is 79.4 Å². The van der Waals surface area contributed by atoms with Crippen LogP contribution in [0.1, 0.15) is 10.5 Å². The Morgan fingerprint density at radius 3 is 2.70 bits per heavy atom. The second-order valence-electron chi connectivity index (χ2n) is 5.22. The number of ether oxygens (including phenoxy) is 1. The summed E-state index contributed by atoms with van der Waals surface area (Å²) in [5.74, 6) is 1.08. The number of rotatable bonds is 7. The van der Waals surface area contributed by atoms with Crippen LogP contribution < -0.4 is 15.4 Å². The summed E-state index contributed by atoms with van der Waals surface area (Å²) in [7, 11) is 5.51. The minimum atomic E-state index is -0.229. The molecule has 7 nitrogen and oxygen atoms in total. The Morgan fingerprint density at radius 2 is 2.04 bits per heavy atom. The fourth-order valence-corrected chi connectivity index (χ4v) is 1.85. The number of anilines is 2. The number of amides is 1. The molecule has 0 saturated heterocycles. The molecule has 2 rings (SSSR count). The summed E-state index contributed by atoms with van der Waals surface area (Å²) in [4.78, 5) is 13.9. The predicted octanol–water partition coefficient (Wildman–Crippen LogP) is 1.52. The zero-order chi connectivity index (χ0) is 16.7. The summed E-state index contributed by atoms with van der Waals surface area (Å²) in [6.07, 6.45) is 0. The zero-order valence-corrected chi connectivity index (χ0v) is 13.5. The normalized spacial score (nSPS) is 10.4. The van der Waals surface area contributed by atoms with Crippen LogP contribution in [0.5, 0.6) is 5.75 Å². The third-order valence-corrected chi connectivity index (χ3v) is 3.08. The number of carbonyl (C=O) groups excluding carboxylic acids is 1. The van der Waals surface area contributed by atoms with E-state index in [1.807, 2.05) is 43.3 Å². The van der Waals surface area contributed by atoms with Crippen LogP contribution in [-0.4, -0.2) is 55.3 Å². The molecule has 0 spiro atoms. The summed E-state index contributed by atoms with van der Waals surface area (Å²) >= 11 is 0. The Bertz CT molecular complexity index is 643. The minimum absolute atomic E-state index is 0.229. The molecule has 0 fully saturated rings. The lowest BCUT2D eigenvalue weighted by molar-refractivity contribution is 0.0945. The van der Waals surface area contributed by atoms with Crippen molar-refractivity contribution in [3.63, 3.8) is 0 Å². The number of hydrogen-bond donors (Lipinski definition) is 2. The van der Waals surface area contributed by atoms with E-state index in [-0.39, 0.29) is 5.91 Å². The lowest BCUT2D eigenvalue weighted by Gasteiger charge is -2.10. The van der Waals surface area contributed by atoms with Crippen LogP contribution in [-0.2, 0) is 0 Å². The van der Waals surface area contributed by atoms with Gasteiger partial charge in [0.05, 0.1) is 7.11 Å². The van der Waals surface area contributed by atoms with Gasteiger partial charge in [0.1, 0.15) is 5.75 Å². The van der Waals surface area contributed by atoms with Crippen molar-refractivity contribution in [2.45, 2.75) is 0 Å². The molecule has 122 valence electrons. The molecular formula is C16H21N5O2. The highest BCUT2D eigenvalue weighted by molar-refractivity contribution is 5.92. The number of likely N-dealkylation sites (N-methyl/N-ethyl adjacent to an activating group) is 1. The number of carbonyl (C=O) groups is 1. The first kappa shape index (κ1) is 16.7. The monoisotopic (exact) mass is 315 g/mol. The first-order valence-electron chi connectivity index (χ1n) is 7.26. The Balaban J connectivity index is 1.94. The number of nitrogens with one attached hydrogen (secondary N) is 2. The maximum Gasteiger partial charge on any atom is 0.271 e. The number of hydrogen-bond acceptors (Lipinski definition) is 6. The predicted molar refractivity (Wildman–Crippen MR) is 89.2 cm³/mol. The van der Waals surface area contributed by atoms with E-state index < -0.39 is 0 Å². The second kappa shape index (κ2) is 8.09. The molecule has 1 amide bonds. The van der Waals surface area contributed by atoms with Crippen molar-refractivity contribution in [3.05, 3.63) is 42.1 Å². The second-order valence-corrected chi connectivity index (χ2v) is 5.22. The smallest absolute Gasteiger partial charge is 0.271 e. The van der Waals surface area contributed by atoms with Gasteiger partial charge in [-0.3, -0.25) is 4.79 Å². The number of methoxy groups -OCH3 is 1. The summed E-state index contributed by atoms with van der Waals surface area (Å²) in [5, 5.41) is 13.9. The fourth-order valence-electron chi connectivity index (χ4n) is 1.85. The first-order chi connectivity index (χ1) is 11.1. The van der Waals surface area contributed by atoms with E-state index in [1.54, 1.807) is 19.2 Å². The molecule has 0 aliphatic carbocycles.